The summed E-state index contributed by atoms with van der Waals surface area (Å²) < 4.78 is 1.84. The Hall–Kier alpha value is -1.32. The molecule has 2 rings (SSSR count). The number of nitrogens with zero attached hydrogens (tertiary/aromatic N) is 2. The minimum absolute atomic E-state index is 0.284. The maximum atomic E-state index is 11.9. The molecule has 1 aliphatic rings. The molecule has 4 heteroatoms. The van der Waals surface area contributed by atoms with Crippen LogP contribution in [0.15, 0.2) is 12.3 Å². The second-order valence-electron chi connectivity index (χ2n) is 7.67. The number of rotatable bonds is 4. The predicted octanol–water partition coefficient (Wildman–Crippen LogP) is 3.66. The van der Waals surface area contributed by atoms with Gasteiger partial charge in [0.25, 0.3) is 0 Å². The Labute approximate surface area is 127 Å². The fourth-order valence-electron chi connectivity index (χ4n) is 3.62. The third-order valence-electron chi connectivity index (χ3n) is 5.40. The van der Waals surface area contributed by atoms with Crippen LogP contribution in [0.4, 0.5) is 0 Å². The van der Waals surface area contributed by atoms with Gasteiger partial charge in [0.05, 0.1) is 5.41 Å². The van der Waals surface area contributed by atoms with Crippen molar-refractivity contribution in [1.29, 1.82) is 0 Å². The number of hydrogen-bond acceptors (Lipinski definition) is 2. The van der Waals surface area contributed by atoms with Gasteiger partial charge in [-0.1, -0.05) is 20.8 Å². The van der Waals surface area contributed by atoms with E-state index in [9.17, 15) is 9.90 Å². The summed E-state index contributed by atoms with van der Waals surface area (Å²) in [5.74, 6) is 0.0266. The molecule has 1 N–H and O–H groups in total. The Morgan fingerprint density at radius 1 is 1.43 bits per heavy atom. The molecule has 0 aromatic carbocycles. The lowest BCUT2D eigenvalue weighted by Crippen LogP contribution is -2.38. The average Bonchev–Trinajstić information content (AvgIpc) is 2.81. The topological polar surface area (TPSA) is 55.1 Å². The SMILES string of the molecule is Cn1nccc1CCC1(C(=O)O)CCC(C(C)(C)C)CC1. The standard InChI is InChI=1S/C17H28N2O2/c1-16(2,3)13-5-9-17(10-6-13,15(20)21)11-7-14-8-12-18-19(14)4/h8,12-13H,5-7,9-11H2,1-4H3,(H,20,21). The summed E-state index contributed by atoms with van der Waals surface area (Å²) in [7, 11) is 1.92. The number of carboxylic acid groups (broad SMARTS) is 1. The summed E-state index contributed by atoms with van der Waals surface area (Å²) in [6, 6.07) is 1.98. The maximum Gasteiger partial charge on any atom is 0.309 e. The monoisotopic (exact) mass is 292 g/mol. The van der Waals surface area contributed by atoms with Crippen molar-refractivity contribution in [2.75, 3.05) is 0 Å². The van der Waals surface area contributed by atoms with Crippen LogP contribution in [0.3, 0.4) is 0 Å². The fraction of sp³-hybridized carbons (Fsp3) is 0.765. The molecule has 0 saturated heterocycles. The molecule has 21 heavy (non-hydrogen) atoms. The molecule has 0 unspecified atom stereocenters. The van der Waals surface area contributed by atoms with E-state index < -0.39 is 11.4 Å². The van der Waals surface area contributed by atoms with Crippen molar-refractivity contribution in [2.45, 2.75) is 59.3 Å². The van der Waals surface area contributed by atoms with Crippen LogP contribution in [0, 0.1) is 16.7 Å². The first-order valence-corrected chi connectivity index (χ1v) is 7.95. The van der Waals surface area contributed by atoms with Crippen molar-refractivity contribution in [1.82, 2.24) is 9.78 Å². The lowest BCUT2D eigenvalue weighted by atomic mass is 9.62. The van der Waals surface area contributed by atoms with Crippen LogP contribution in [-0.4, -0.2) is 20.9 Å². The van der Waals surface area contributed by atoms with Crippen LogP contribution in [0.2, 0.25) is 0 Å². The van der Waals surface area contributed by atoms with E-state index in [2.05, 4.69) is 25.9 Å². The third kappa shape index (κ3) is 3.47. The van der Waals surface area contributed by atoms with E-state index in [1.165, 1.54) is 0 Å². The van der Waals surface area contributed by atoms with Crippen molar-refractivity contribution in [2.24, 2.45) is 23.8 Å². The molecule has 0 bridgehead atoms. The Balaban J connectivity index is 2.03. The second-order valence-corrected chi connectivity index (χ2v) is 7.67. The fourth-order valence-corrected chi connectivity index (χ4v) is 3.62. The number of carbonyl (C=O) groups is 1. The van der Waals surface area contributed by atoms with Crippen molar-refractivity contribution in [3.63, 3.8) is 0 Å². The average molecular weight is 292 g/mol. The van der Waals surface area contributed by atoms with Crippen LogP contribution < -0.4 is 0 Å². The first-order valence-electron chi connectivity index (χ1n) is 7.95. The molecule has 0 aliphatic heterocycles. The van der Waals surface area contributed by atoms with Crippen LogP contribution in [-0.2, 0) is 18.3 Å². The zero-order valence-corrected chi connectivity index (χ0v) is 13.7. The van der Waals surface area contributed by atoms with Gasteiger partial charge in [0, 0.05) is 18.9 Å². The lowest BCUT2D eigenvalue weighted by Gasteiger charge is -2.42. The van der Waals surface area contributed by atoms with Crippen molar-refractivity contribution >= 4 is 5.97 Å². The van der Waals surface area contributed by atoms with Gasteiger partial charge in [-0.3, -0.25) is 9.48 Å². The first-order chi connectivity index (χ1) is 9.74. The van der Waals surface area contributed by atoms with Gasteiger partial charge in [0.15, 0.2) is 0 Å². The van der Waals surface area contributed by atoms with Crippen LogP contribution in [0.1, 0.15) is 58.6 Å². The van der Waals surface area contributed by atoms with Gasteiger partial charge in [0.2, 0.25) is 0 Å². The molecule has 0 spiro atoms. The normalized spacial score (nSPS) is 26.8. The van der Waals surface area contributed by atoms with Crippen molar-refractivity contribution in [3.8, 4) is 0 Å². The number of aliphatic carboxylic acids is 1. The molecular weight excluding hydrogens is 264 g/mol. The van der Waals surface area contributed by atoms with Gasteiger partial charge in [-0.05, 0) is 55.9 Å². The highest BCUT2D eigenvalue weighted by atomic mass is 16.4. The molecule has 1 saturated carbocycles. The second kappa shape index (κ2) is 5.82. The van der Waals surface area contributed by atoms with Crippen molar-refractivity contribution in [3.05, 3.63) is 18.0 Å². The molecule has 0 radical (unpaired) electrons. The van der Waals surface area contributed by atoms with E-state index in [1.54, 1.807) is 6.20 Å². The van der Waals surface area contributed by atoms with E-state index in [-0.39, 0.29) is 5.41 Å². The molecule has 118 valence electrons. The van der Waals surface area contributed by atoms with Gasteiger partial charge >= 0.3 is 5.97 Å². The molecule has 0 atom stereocenters. The molecule has 1 heterocycles. The summed E-state index contributed by atoms with van der Waals surface area (Å²) in [6.45, 7) is 6.79. The van der Waals surface area contributed by atoms with Gasteiger partial charge in [-0.2, -0.15) is 5.10 Å². The summed E-state index contributed by atoms with van der Waals surface area (Å²) in [5, 5.41) is 13.9. The van der Waals surface area contributed by atoms with E-state index >= 15 is 0 Å². The minimum atomic E-state index is -0.614. The smallest absolute Gasteiger partial charge is 0.309 e. The van der Waals surface area contributed by atoms with Gasteiger partial charge in [-0.15, -0.1) is 0 Å². The molecule has 1 fully saturated rings. The van der Waals surface area contributed by atoms with E-state index in [0.29, 0.717) is 5.92 Å². The minimum Gasteiger partial charge on any atom is -0.481 e. The molecule has 0 amide bonds. The predicted molar refractivity (Wildman–Crippen MR) is 83.0 cm³/mol. The zero-order chi connectivity index (χ0) is 15.7. The Morgan fingerprint density at radius 3 is 2.48 bits per heavy atom. The van der Waals surface area contributed by atoms with Crippen LogP contribution in [0.25, 0.3) is 0 Å². The van der Waals surface area contributed by atoms with Gasteiger partial charge in [-0.25, -0.2) is 0 Å². The van der Waals surface area contributed by atoms with E-state index in [1.807, 2.05) is 17.8 Å². The summed E-state index contributed by atoms with van der Waals surface area (Å²) in [5.41, 5.74) is 0.868. The van der Waals surface area contributed by atoms with Crippen LogP contribution >= 0.6 is 0 Å². The number of aryl methyl sites for hydroxylation is 2. The highest BCUT2D eigenvalue weighted by Crippen LogP contribution is 2.47. The summed E-state index contributed by atoms with van der Waals surface area (Å²) in [6.07, 6.45) is 6.97. The largest absolute Gasteiger partial charge is 0.481 e. The molecular formula is C17H28N2O2. The first kappa shape index (κ1) is 16.1. The Kier molecular flexibility index (Phi) is 4.45. The quantitative estimate of drug-likeness (QED) is 0.921. The molecule has 1 aliphatic carbocycles. The highest BCUT2D eigenvalue weighted by molar-refractivity contribution is 5.74. The zero-order valence-electron chi connectivity index (χ0n) is 13.7. The lowest BCUT2D eigenvalue weighted by molar-refractivity contribution is -0.152. The highest BCUT2D eigenvalue weighted by Gasteiger charge is 2.43. The Morgan fingerprint density at radius 2 is 2.05 bits per heavy atom. The van der Waals surface area contributed by atoms with E-state index in [0.717, 1.165) is 44.2 Å². The third-order valence-corrected chi connectivity index (χ3v) is 5.40. The Bertz CT molecular complexity index is 491. The van der Waals surface area contributed by atoms with E-state index in [4.69, 9.17) is 0 Å². The number of carboxylic acids is 1. The van der Waals surface area contributed by atoms with Gasteiger partial charge < -0.3 is 5.11 Å². The number of aromatic nitrogens is 2. The molecule has 1 aromatic rings. The molecule has 4 nitrogen and oxygen atoms in total. The summed E-state index contributed by atoms with van der Waals surface area (Å²) >= 11 is 0. The van der Waals surface area contributed by atoms with Crippen molar-refractivity contribution < 1.29 is 9.90 Å². The maximum absolute atomic E-state index is 11.9. The van der Waals surface area contributed by atoms with Crippen LogP contribution in [0.5, 0.6) is 0 Å². The summed E-state index contributed by atoms with van der Waals surface area (Å²) in [4.78, 5) is 11.9. The number of hydrogen-bond donors (Lipinski definition) is 1. The van der Waals surface area contributed by atoms with Gasteiger partial charge in [0.1, 0.15) is 0 Å². The molecule has 1 aromatic heterocycles.